The van der Waals surface area contributed by atoms with Gasteiger partial charge >= 0.3 is 5.97 Å². The summed E-state index contributed by atoms with van der Waals surface area (Å²) in [5, 5.41) is 0. The second kappa shape index (κ2) is 8.10. The summed E-state index contributed by atoms with van der Waals surface area (Å²) in [7, 11) is -3.39. The molecule has 0 aromatic rings. The molecule has 0 amide bonds. The first kappa shape index (κ1) is 18.4. The van der Waals surface area contributed by atoms with E-state index in [4.69, 9.17) is 8.92 Å². The fourth-order valence-electron chi connectivity index (χ4n) is 2.63. The van der Waals surface area contributed by atoms with Crippen LogP contribution in [0.2, 0.25) is 0 Å². The van der Waals surface area contributed by atoms with E-state index in [0.717, 1.165) is 43.2 Å². The molecule has 0 spiro atoms. The Balaban J connectivity index is 2.47. The van der Waals surface area contributed by atoms with Gasteiger partial charge in [-0.3, -0.25) is 8.98 Å². The third-order valence-corrected chi connectivity index (χ3v) is 4.50. The quantitative estimate of drug-likeness (QED) is 0.381. The molecule has 124 valence electrons. The number of carbonyl (C=O) groups excluding carboxylic acids is 1. The molecule has 1 aliphatic heterocycles. The zero-order valence-electron chi connectivity index (χ0n) is 13.3. The molecule has 0 aliphatic carbocycles. The number of likely N-dealkylation sites (tertiary alicyclic amines) is 1. The fourth-order valence-corrected chi connectivity index (χ4v) is 3.01. The molecule has 0 N–H and O–H groups in total. The molecular weight excluding hydrogens is 294 g/mol. The van der Waals surface area contributed by atoms with Gasteiger partial charge in [-0.15, -0.1) is 0 Å². The first-order valence-electron chi connectivity index (χ1n) is 7.60. The maximum atomic E-state index is 11.5. The Hall–Kier alpha value is -0.660. The lowest BCUT2D eigenvalue weighted by molar-refractivity contribution is -0.932. The monoisotopic (exact) mass is 322 g/mol. The molecule has 0 radical (unpaired) electrons. The number of quaternary nitrogens is 1. The largest absolute Gasteiger partial charge is 0.459 e. The van der Waals surface area contributed by atoms with Crippen LogP contribution >= 0.6 is 0 Å². The van der Waals surface area contributed by atoms with Crippen LogP contribution in [0.25, 0.3) is 0 Å². The first-order chi connectivity index (χ1) is 9.74. The first-order valence-corrected chi connectivity index (χ1v) is 9.42. The summed E-state index contributed by atoms with van der Waals surface area (Å²) in [5.74, 6) is -0.300. The Morgan fingerprint density at radius 1 is 1.10 bits per heavy atom. The van der Waals surface area contributed by atoms with Gasteiger partial charge < -0.3 is 9.22 Å². The van der Waals surface area contributed by atoms with Crippen LogP contribution < -0.4 is 0 Å². The Kier molecular flexibility index (Phi) is 7.09. The van der Waals surface area contributed by atoms with E-state index >= 15 is 0 Å². The highest BCUT2D eigenvalue weighted by Crippen LogP contribution is 2.19. The zero-order chi connectivity index (χ0) is 15.9. The maximum Gasteiger partial charge on any atom is 0.308 e. The summed E-state index contributed by atoms with van der Waals surface area (Å²) >= 11 is 0. The number of rotatable bonds is 8. The van der Waals surface area contributed by atoms with Crippen molar-refractivity contribution in [3.05, 3.63) is 0 Å². The summed E-state index contributed by atoms with van der Waals surface area (Å²) in [6.07, 6.45) is 4.52. The SMILES string of the molecule is CC(C)C(=O)OCC[N+]1(CCOS(C)(=O)=O)CCCCC1. The van der Waals surface area contributed by atoms with E-state index < -0.39 is 10.1 Å². The van der Waals surface area contributed by atoms with Crippen molar-refractivity contribution in [2.45, 2.75) is 33.1 Å². The second-order valence-corrected chi connectivity index (χ2v) is 7.79. The van der Waals surface area contributed by atoms with Crippen LogP contribution in [0.4, 0.5) is 0 Å². The number of carbonyl (C=O) groups is 1. The van der Waals surface area contributed by atoms with Crippen molar-refractivity contribution in [1.29, 1.82) is 0 Å². The summed E-state index contributed by atoms with van der Waals surface area (Å²) in [4.78, 5) is 11.5. The standard InChI is InChI=1S/C14H28NO5S/c1-13(2)14(16)19-11-9-15(7-5-4-6-8-15)10-12-20-21(3,17)18/h13H,4-12H2,1-3H3/q+1. The smallest absolute Gasteiger partial charge is 0.308 e. The molecular formula is C14H28NO5S+. The minimum atomic E-state index is -3.39. The van der Waals surface area contributed by atoms with Crippen molar-refractivity contribution in [2.75, 3.05) is 45.6 Å². The molecule has 0 bridgehead atoms. The zero-order valence-corrected chi connectivity index (χ0v) is 14.2. The summed E-state index contributed by atoms with van der Waals surface area (Å²) in [6, 6.07) is 0. The van der Waals surface area contributed by atoms with Crippen LogP contribution in [-0.2, 0) is 23.8 Å². The van der Waals surface area contributed by atoms with Crippen LogP contribution in [0.3, 0.4) is 0 Å². The molecule has 0 unspecified atom stereocenters. The van der Waals surface area contributed by atoms with Crippen molar-refractivity contribution < 1.29 is 26.6 Å². The van der Waals surface area contributed by atoms with E-state index in [1.807, 2.05) is 13.8 Å². The van der Waals surface area contributed by atoms with Gasteiger partial charge in [-0.25, -0.2) is 0 Å². The molecule has 1 saturated heterocycles. The molecule has 21 heavy (non-hydrogen) atoms. The van der Waals surface area contributed by atoms with E-state index in [2.05, 4.69) is 0 Å². The third-order valence-electron chi connectivity index (χ3n) is 3.91. The van der Waals surface area contributed by atoms with Gasteiger partial charge in [0.1, 0.15) is 26.3 Å². The Labute approximate surface area is 128 Å². The summed E-state index contributed by atoms with van der Waals surface area (Å²) in [6.45, 7) is 7.56. The van der Waals surface area contributed by atoms with Gasteiger partial charge in [-0.2, -0.15) is 8.42 Å². The number of nitrogens with zero attached hydrogens (tertiary/aromatic N) is 1. The van der Waals surface area contributed by atoms with E-state index in [1.54, 1.807) is 0 Å². The van der Waals surface area contributed by atoms with E-state index in [9.17, 15) is 13.2 Å². The van der Waals surface area contributed by atoms with Crippen LogP contribution in [0.15, 0.2) is 0 Å². The van der Waals surface area contributed by atoms with Gasteiger partial charge in [-0.05, 0) is 19.3 Å². The van der Waals surface area contributed by atoms with Crippen LogP contribution in [-0.4, -0.2) is 64.5 Å². The minimum absolute atomic E-state index is 0.117. The van der Waals surface area contributed by atoms with Crippen LogP contribution in [0.5, 0.6) is 0 Å². The average Bonchev–Trinajstić information content (AvgIpc) is 2.38. The minimum Gasteiger partial charge on any atom is -0.459 e. The Bertz CT molecular complexity index is 427. The number of esters is 1. The van der Waals surface area contributed by atoms with E-state index in [0.29, 0.717) is 13.2 Å². The highest BCUT2D eigenvalue weighted by atomic mass is 32.2. The van der Waals surface area contributed by atoms with Gasteiger partial charge in [0.25, 0.3) is 10.1 Å². The molecule has 0 atom stereocenters. The number of hydrogen-bond donors (Lipinski definition) is 0. The molecule has 1 aliphatic rings. The molecule has 1 fully saturated rings. The molecule has 1 rings (SSSR count). The summed E-state index contributed by atoms with van der Waals surface area (Å²) < 4.78 is 33.0. The maximum absolute atomic E-state index is 11.5. The van der Waals surface area contributed by atoms with E-state index in [1.165, 1.54) is 6.42 Å². The van der Waals surface area contributed by atoms with Crippen molar-refractivity contribution in [1.82, 2.24) is 0 Å². The molecule has 0 aromatic carbocycles. The third kappa shape index (κ3) is 7.24. The Morgan fingerprint density at radius 2 is 1.67 bits per heavy atom. The average molecular weight is 322 g/mol. The lowest BCUT2D eigenvalue weighted by Gasteiger charge is -2.41. The van der Waals surface area contributed by atoms with Crippen LogP contribution in [0.1, 0.15) is 33.1 Å². The molecule has 6 nitrogen and oxygen atoms in total. The van der Waals surface area contributed by atoms with Crippen molar-refractivity contribution >= 4 is 16.1 Å². The van der Waals surface area contributed by atoms with Gasteiger partial charge in [0, 0.05) is 0 Å². The predicted octanol–water partition coefficient (Wildman–Crippen LogP) is 1.16. The lowest BCUT2D eigenvalue weighted by atomic mass is 10.1. The fraction of sp³-hybridized carbons (Fsp3) is 0.929. The molecule has 0 aromatic heterocycles. The van der Waals surface area contributed by atoms with Crippen molar-refractivity contribution in [3.63, 3.8) is 0 Å². The second-order valence-electron chi connectivity index (χ2n) is 6.15. The number of piperidine rings is 1. The highest BCUT2D eigenvalue weighted by Gasteiger charge is 2.30. The highest BCUT2D eigenvalue weighted by molar-refractivity contribution is 7.85. The molecule has 1 heterocycles. The van der Waals surface area contributed by atoms with Gasteiger partial charge in [0.2, 0.25) is 0 Å². The topological polar surface area (TPSA) is 69.7 Å². The van der Waals surface area contributed by atoms with Crippen molar-refractivity contribution in [3.8, 4) is 0 Å². The van der Waals surface area contributed by atoms with E-state index in [-0.39, 0.29) is 18.5 Å². The molecule has 7 heteroatoms. The van der Waals surface area contributed by atoms with Gasteiger partial charge in [-0.1, -0.05) is 13.8 Å². The normalized spacial score (nSPS) is 18.7. The number of hydrogen-bond acceptors (Lipinski definition) is 5. The van der Waals surface area contributed by atoms with Gasteiger partial charge in [0.05, 0.1) is 25.3 Å². The van der Waals surface area contributed by atoms with Gasteiger partial charge in [0.15, 0.2) is 0 Å². The van der Waals surface area contributed by atoms with Crippen LogP contribution in [0, 0.1) is 5.92 Å². The lowest BCUT2D eigenvalue weighted by Crippen LogP contribution is -2.55. The Morgan fingerprint density at radius 3 is 2.19 bits per heavy atom. The predicted molar refractivity (Wildman–Crippen MR) is 80.2 cm³/mol. The van der Waals surface area contributed by atoms with Crippen molar-refractivity contribution in [2.24, 2.45) is 5.92 Å². The summed E-state index contributed by atoms with van der Waals surface area (Å²) in [5.41, 5.74) is 0. The molecule has 0 saturated carbocycles. The number of ether oxygens (including phenoxy) is 1.